The number of carbonyl (C=O) groups is 1. The zero-order valence-corrected chi connectivity index (χ0v) is 8.21. The quantitative estimate of drug-likeness (QED) is 0.787. The normalized spacial score (nSPS) is 9.53. The maximum Gasteiger partial charge on any atom is 0.278 e. The summed E-state index contributed by atoms with van der Waals surface area (Å²) in [6, 6.07) is 3.62. The maximum atomic E-state index is 11.5. The number of nitrogens with one attached hydrogen (secondary N) is 2. The number of hydrogen-bond acceptors (Lipinski definition) is 5. The van der Waals surface area contributed by atoms with Gasteiger partial charge in [0.15, 0.2) is 5.69 Å². The van der Waals surface area contributed by atoms with Gasteiger partial charge in [-0.05, 0) is 11.4 Å². The smallest absolute Gasteiger partial charge is 0.278 e. The molecule has 0 spiro atoms. The minimum Gasteiger partial charge on any atom is -0.311 e. The molecule has 2 N–H and O–H groups in total. The predicted molar refractivity (Wildman–Crippen MR) is 53.4 cm³/mol. The number of aromatic amines is 1. The highest BCUT2D eigenvalue weighted by Gasteiger charge is 2.11. The van der Waals surface area contributed by atoms with Crippen LogP contribution >= 0.6 is 11.3 Å². The molecule has 6 nitrogen and oxygen atoms in total. The summed E-state index contributed by atoms with van der Waals surface area (Å²) in [6.45, 7) is 0. The zero-order chi connectivity index (χ0) is 10.7. The van der Waals surface area contributed by atoms with Crippen LogP contribution in [0.15, 0.2) is 17.6 Å². The number of aromatic nitrogens is 3. The SMILES string of the molecule is N#Cc1ccsc1NC(=O)c1cn[nH]n1. The van der Waals surface area contributed by atoms with Crippen LogP contribution in [0.3, 0.4) is 0 Å². The van der Waals surface area contributed by atoms with E-state index in [2.05, 4.69) is 20.7 Å². The molecule has 1 amide bonds. The van der Waals surface area contributed by atoms with Gasteiger partial charge in [0.25, 0.3) is 5.91 Å². The van der Waals surface area contributed by atoms with Crippen molar-refractivity contribution in [3.05, 3.63) is 28.9 Å². The number of nitrogens with zero attached hydrogens (tertiary/aromatic N) is 3. The molecular formula is C8H5N5OS. The van der Waals surface area contributed by atoms with E-state index in [-0.39, 0.29) is 11.6 Å². The third-order valence-corrected chi connectivity index (χ3v) is 2.49. The van der Waals surface area contributed by atoms with Gasteiger partial charge in [-0.2, -0.15) is 20.7 Å². The van der Waals surface area contributed by atoms with Crippen LogP contribution in [0.2, 0.25) is 0 Å². The Morgan fingerprint density at radius 2 is 2.53 bits per heavy atom. The van der Waals surface area contributed by atoms with Crippen molar-refractivity contribution in [1.29, 1.82) is 5.26 Å². The van der Waals surface area contributed by atoms with E-state index in [1.807, 2.05) is 6.07 Å². The summed E-state index contributed by atoms with van der Waals surface area (Å²) in [6.07, 6.45) is 1.31. The number of hydrogen-bond donors (Lipinski definition) is 2. The van der Waals surface area contributed by atoms with E-state index in [0.717, 1.165) is 0 Å². The zero-order valence-electron chi connectivity index (χ0n) is 7.39. The Kier molecular flexibility index (Phi) is 2.43. The van der Waals surface area contributed by atoms with E-state index < -0.39 is 0 Å². The molecule has 7 heteroatoms. The van der Waals surface area contributed by atoms with Gasteiger partial charge in [0.05, 0.1) is 11.8 Å². The highest BCUT2D eigenvalue weighted by molar-refractivity contribution is 7.14. The molecule has 0 saturated carbocycles. The molecule has 0 fully saturated rings. The molecule has 0 atom stereocenters. The average Bonchev–Trinajstić information content (AvgIpc) is 2.87. The second-order valence-corrected chi connectivity index (χ2v) is 3.50. The summed E-state index contributed by atoms with van der Waals surface area (Å²) in [5.41, 5.74) is 0.629. The monoisotopic (exact) mass is 219 g/mol. The summed E-state index contributed by atoms with van der Waals surface area (Å²) >= 11 is 1.29. The van der Waals surface area contributed by atoms with Crippen molar-refractivity contribution in [2.75, 3.05) is 5.32 Å². The third-order valence-electron chi connectivity index (χ3n) is 1.66. The van der Waals surface area contributed by atoms with Crippen LogP contribution in [-0.4, -0.2) is 21.3 Å². The molecule has 0 aliphatic heterocycles. The molecule has 0 bridgehead atoms. The average molecular weight is 219 g/mol. The van der Waals surface area contributed by atoms with Crippen LogP contribution in [-0.2, 0) is 0 Å². The van der Waals surface area contributed by atoms with Crippen LogP contribution in [0.4, 0.5) is 5.00 Å². The summed E-state index contributed by atoms with van der Waals surface area (Å²) in [5, 5.41) is 23.0. The number of thiophene rings is 1. The molecular weight excluding hydrogens is 214 g/mol. The Labute approximate surface area is 88.5 Å². The van der Waals surface area contributed by atoms with Crippen molar-refractivity contribution in [3.63, 3.8) is 0 Å². The summed E-state index contributed by atoms with van der Waals surface area (Å²) in [4.78, 5) is 11.5. The number of amides is 1. The first-order valence-electron chi connectivity index (χ1n) is 3.96. The van der Waals surface area contributed by atoms with Crippen molar-refractivity contribution in [2.45, 2.75) is 0 Å². The van der Waals surface area contributed by atoms with E-state index in [1.165, 1.54) is 17.5 Å². The van der Waals surface area contributed by atoms with Crippen molar-refractivity contribution >= 4 is 22.2 Å². The van der Waals surface area contributed by atoms with E-state index in [0.29, 0.717) is 10.6 Å². The molecule has 0 aliphatic carbocycles. The molecule has 15 heavy (non-hydrogen) atoms. The van der Waals surface area contributed by atoms with E-state index in [1.54, 1.807) is 11.4 Å². The number of carbonyl (C=O) groups excluding carboxylic acids is 1. The van der Waals surface area contributed by atoms with Crippen LogP contribution in [0, 0.1) is 11.3 Å². The number of nitriles is 1. The van der Waals surface area contributed by atoms with Gasteiger partial charge in [0.1, 0.15) is 11.1 Å². The van der Waals surface area contributed by atoms with Crippen LogP contribution in [0.5, 0.6) is 0 Å². The Hall–Kier alpha value is -2.20. The molecule has 2 heterocycles. The van der Waals surface area contributed by atoms with Crippen molar-refractivity contribution in [3.8, 4) is 6.07 Å². The second-order valence-electron chi connectivity index (χ2n) is 2.58. The first-order chi connectivity index (χ1) is 7.31. The van der Waals surface area contributed by atoms with Gasteiger partial charge in [-0.3, -0.25) is 4.79 Å². The number of anilines is 1. The molecule has 2 aromatic rings. The Morgan fingerprint density at radius 3 is 3.20 bits per heavy atom. The van der Waals surface area contributed by atoms with Gasteiger partial charge >= 0.3 is 0 Å². The van der Waals surface area contributed by atoms with Crippen molar-refractivity contribution in [2.24, 2.45) is 0 Å². The number of H-pyrrole nitrogens is 1. The van der Waals surface area contributed by atoms with Gasteiger partial charge < -0.3 is 5.32 Å². The maximum absolute atomic E-state index is 11.5. The number of rotatable bonds is 2. The molecule has 74 valence electrons. The molecule has 0 aromatic carbocycles. The van der Waals surface area contributed by atoms with Crippen LogP contribution in [0.1, 0.15) is 16.1 Å². The van der Waals surface area contributed by atoms with Crippen molar-refractivity contribution in [1.82, 2.24) is 15.4 Å². The lowest BCUT2D eigenvalue weighted by Crippen LogP contribution is -2.12. The highest BCUT2D eigenvalue weighted by atomic mass is 32.1. The first kappa shape index (κ1) is 9.36. The lowest BCUT2D eigenvalue weighted by atomic mass is 10.3. The first-order valence-corrected chi connectivity index (χ1v) is 4.84. The van der Waals surface area contributed by atoms with Crippen LogP contribution in [0.25, 0.3) is 0 Å². The lowest BCUT2D eigenvalue weighted by molar-refractivity contribution is 0.102. The van der Waals surface area contributed by atoms with E-state index >= 15 is 0 Å². The summed E-state index contributed by atoms with van der Waals surface area (Å²) in [5.74, 6) is -0.386. The lowest BCUT2D eigenvalue weighted by Gasteiger charge is -1.98. The molecule has 0 unspecified atom stereocenters. The minimum absolute atomic E-state index is 0.187. The Bertz CT molecular complexity index is 509. The summed E-state index contributed by atoms with van der Waals surface area (Å²) in [7, 11) is 0. The third kappa shape index (κ3) is 1.84. The van der Waals surface area contributed by atoms with Gasteiger partial charge in [0, 0.05) is 0 Å². The largest absolute Gasteiger partial charge is 0.311 e. The molecule has 2 rings (SSSR count). The van der Waals surface area contributed by atoms with Crippen molar-refractivity contribution < 1.29 is 4.79 Å². The molecule has 0 radical (unpaired) electrons. The highest BCUT2D eigenvalue weighted by Crippen LogP contribution is 2.22. The minimum atomic E-state index is -0.386. The summed E-state index contributed by atoms with van der Waals surface area (Å²) < 4.78 is 0. The molecule has 2 aromatic heterocycles. The Balaban J connectivity index is 2.17. The predicted octanol–water partition coefficient (Wildman–Crippen LogP) is 0.990. The van der Waals surface area contributed by atoms with Gasteiger partial charge in [0.2, 0.25) is 0 Å². The molecule has 0 aliphatic rings. The fraction of sp³-hybridized carbons (Fsp3) is 0. The van der Waals surface area contributed by atoms with Gasteiger partial charge in [-0.1, -0.05) is 0 Å². The van der Waals surface area contributed by atoms with E-state index in [9.17, 15) is 4.79 Å². The standard InChI is InChI=1S/C8H5N5OS/c9-3-5-1-2-15-8(5)11-7(14)6-4-10-13-12-6/h1-2,4H,(H,11,14)(H,10,12,13). The fourth-order valence-corrected chi connectivity index (χ4v) is 1.70. The second kappa shape index (κ2) is 3.89. The molecule has 0 saturated heterocycles. The fourth-order valence-electron chi connectivity index (χ4n) is 0.972. The van der Waals surface area contributed by atoms with E-state index in [4.69, 9.17) is 5.26 Å². The Morgan fingerprint density at radius 1 is 1.67 bits per heavy atom. The van der Waals surface area contributed by atoms with Crippen LogP contribution < -0.4 is 5.32 Å². The van der Waals surface area contributed by atoms with Gasteiger partial charge in [-0.25, -0.2) is 0 Å². The topological polar surface area (TPSA) is 94.5 Å². The van der Waals surface area contributed by atoms with Gasteiger partial charge in [-0.15, -0.1) is 11.3 Å².